The largest absolute Gasteiger partial charge is 0.508 e. The minimum atomic E-state index is -1.75. The molecule has 0 radical (unpaired) electrons. The van der Waals surface area contributed by atoms with Gasteiger partial charge in [0, 0.05) is 19.3 Å². The Morgan fingerprint density at radius 2 is 0.802 bits per heavy atom. The van der Waals surface area contributed by atoms with E-state index in [0.717, 1.165) is 25.7 Å². The van der Waals surface area contributed by atoms with Crippen molar-refractivity contribution in [2.45, 2.75) is 192 Å². The lowest BCUT2D eigenvalue weighted by Gasteiger charge is -2.30. The molecule has 3 aromatic carbocycles. The summed E-state index contributed by atoms with van der Waals surface area (Å²) < 4.78 is 0. The number of hydrogen-bond donors (Lipinski definition) is 14. The van der Waals surface area contributed by atoms with E-state index in [-0.39, 0.29) is 42.9 Å². The van der Waals surface area contributed by atoms with Crippen LogP contribution in [-0.4, -0.2) is 144 Å². The van der Waals surface area contributed by atoms with Crippen molar-refractivity contribution in [3.63, 3.8) is 0 Å². The number of phenolic OH excluding ortho intramolecular Hbond substituents is 3. The van der Waals surface area contributed by atoms with Crippen molar-refractivity contribution in [3.8, 4) is 17.2 Å². The van der Waals surface area contributed by atoms with Gasteiger partial charge in [-0.25, -0.2) is 4.79 Å². The van der Waals surface area contributed by atoms with Gasteiger partial charge in [-0.05, 0) is 78.3 Å². The van der Waals surface area contributed by atoms with Gasteiger partial charge in [-0.2, -0.15) is 0 Å². The molecule has 448 valence electrons. The summed E-state index contributed by atoms with van der Waals surface area (Å²) in [6.07, 6.45) is 6.71. The second kappa shape index (κ2) is 35.4. The number of benzene rings is 3. The number of aliphatic hydroxyl groups is 3. The standard InChI is InChI=1S/C59H87N7O15/c1-7-9-10-11-12-13-14-15-16-17-44(72)33-49(73)60-45(30-38-18-24-41(69)25-19-38)53(74)63-48(34-67)56(77)62-46(31-39-20-26-42(70)27-21-39)54(75)61-47(32-40-22-28-43(71)29-23-40)55(76)66-52(37(6)68)58(79)65-51(36(5)8-2)57(78)64-50(35(3)4)59(80)81/h18-29,35-37,44-48,50-52,67-72H,7-17,30-34H2,1-6H3,(H,60,73)(H,61,75)(H,62,77)(H,63,74)(H,64,78)(H,65,79)(H,66,76)(H,80,81)/t36?,37-,44-,45-,46+,47-,48-,50-,51-,52+/m0/s1. The van der Waals surface area contributed by atoms with Gasteiger partial charge in [-0.3, -0.25) is 33.6 Å². The summed E-state index contributed by atoms with van der Waals surface area (Å²) >= 11 is 0. The number of aromatic hydroxyl groups is 3. The van der Waals surface area contributed by atoms with Crippen LogP contribution in [0, 0.1) is 11.8 Å². The van der Waals surface area contributed by atoms with Crippen molar-refractivity contribution >= 4 is 47.3 Å². The zero-order chi connectivity index (χ0) is 60.2. The lowest BCUT2D eigenvalue weighted by atomic mass is 9.96. The maximum atomic E-state index is 14.6. The minimum Gasteiger partial charge on any atom is -0.508 e. The van der Waals surface area contributed by atoms with Crippen LogP contribution in [0.4, 0.5) is 0 Å². The van der Waals surface area contributed by atoms with Gasteiger partial charge in [0.2, 0.25) is 41.4 Å². The number of rotatable bonds is 37. The first-order valence-electron chi connectivity index (χ1n) is 28.1. The molecule has 0 spiro atoms. The zero-order valence-corrected chi connectivity index (χ0v) is 47.5. The first kappa shape index (κ1) is 68.0. The fraction of sp³-hybridized carbons (Fsp3) is 0.559. The molecule has 7 amide bonds. The molecule has 3 rings (SSSR count). The predicted molar refractivity (Wildman–Crippen MR) is 302 cm³/mol. The maximum Gasteiger partial charge on any atom is 0.326 e. The number of amides is 7. The quantitative estimate of drug-likeness (QED) is 0.0369. The Bertz CT molecular complexity index is 2460. The minimum absolute atomic E-state index is 0.0556. The molecule has 0 aliphatic heterocycles. The number of carbonyl (C=O) groups excluding carboxylic acids is 7. The second-order valence-corrected chi connectivity index (χ2v) is 21.2. The summed E-state index contributed by atoms with van der Waals surface area (Å²) in [5.41, 5.74) is 1.28. The van der Waals surface area contributed by atoms with Crippen molar-refractivity contribution in [2.24, 2.45) is 11.8 Å². The third-order valence-corrected chi connectivity index (χ3v) is 14.0. The Morgan fingerprint density at radius 3 is 1.20 bits per heavy atom. The fourth-order valence-electron chi connectivity index (χ4n) is 8.86. The Morgan fingerprint density at radius 1 is 0.444 bits per heavy atom. The van der Waals surface area contributed by atoms with Crippen molar-refractivity contribution in [3.05, 3.63) is 89.5 Å². The van der Waals surface area contributed by atoms with Crippen LogP contribution in [0.15, 0.2) is 72.8 Å². The van der Waals surface area contributed by atoms with E-state index in [1.807, 2.05) is 0 Å². The average molecular weight is 1130 g/mol. The summed E-state index contributed by atoms with van der Waals surface area (Å²) in [5.74, 6) is -9.19. The van der Waals surface area contributed by atoms with Crippen LogP contribution >= 0.6 is 0 Å². The van der Waals surface area contributed by atoms with Gasteiger partial charge in [0.05, 0.1) is 25.2 Å². The molecule has 0 fully saturated rings. The van der Waals surface area contributed by atoms with E-state index >= 15 is 0 Å². The number of hydrogen-bond acceptors (Lipinski definition) is 14. The molecule has 0 aliphatic rings. The van der Waals surface area contributed by atoms with E-state index < -0.39 is 120 Å². The van der Waals surface area contributed by atoms with Crippen LogP contribution in [0.5, 0.6) is 17.2 Å². The highest BCUT2D eigenvalue weighted by Crippen LogP contribution is 2.18. The van der Waals surface area contributed by atoms with E-state index in [2.05, 4.69) is 44.1 Å². The molecule has 0 aliphatic carbocycles. The van der Waals surface area contributed by atoms with Crippen molar-refractivity contribution in [1.82, 2.24) is 37.2 Å². The predicted octanol–water partition coefficient (Wildman–Crippen LogP) is 3.06. The third kappa shape index (κ3) is 24.5. The molecule has 3 aromatic rings. The first-order valence-corrected chi connectivity index (χ1v) is 28.1. The average Bonchev–Trinajstić information content (AvgIpc) is 3.44. The van der Waals surface area contributed by atoms with Crippen LogP contribution in [-0.2, 0) is 57.6 Å². The van der Waals surface area contributed by atoms with E-state index in [4.69, 9.17) is 0 Å². The van der Waals surface area contributed by atoms with Crippen LogP contribution in [0.2, 0.25) is 0 Å². The summed E-state index contributed by atoms with van der Waals surface area (Å²) in [7, 11) is 0. The molecular weight excluding hydrogens is 1050 g/mol. The SMILES string of the molecule is CCCCCCCCCCC[C@H](O)CC(=O)N[C@@H](Cc1ccc(O)cc1)C(=O)N[C@@H](CO)C(=O)N[C@H](Cc1ccc(O)cc1)C(=O)N[C@@H](Cc1ccc(O)cc1)C(=O)N[C@@H](C(=O)N[C@H](C(=O)N[C@H](C(=O)O)C(C)C)C(C)CC)[C@H](C)O. The molecule has 0 bridgehead atoms. The molecule has 1 unspecified atom stereocenters. The summed E-state index contributed by atoms with van der Waals surface area (Å²) in [6, 6.07) is 6.30. The molecule has 22 heteroatoms. The number of unbranched alkanes of at least 4 members (excludes halogenated alkanes) is 8. The van der Waals surface area contributed by atoms with E-state index in [1.54, 1.807) is 27.7 Å². The monoisotopic (exact) mass is 1130 g/mol. The van der Waals surface area contributed by atoms with Gasteiger partial charge in [0.25, 0.3) is 0 Å². The van der Waals surface area contributed by atoms with Gasteiger partial charge in [-0.15, -0.1) is 0 Å². The first-order chi connectivity index (χ1) is 38.5. The molecular formula is C59H87N7O15. The number of carboxylic acid groups (broad SMARTS) is 1. The molecule has 0 saturated carbocycles. The van der Waals surface area contributed by atoms with E-state index in [9.17, 15) is 74.1 Å². The van der Waals surface area contributed by atoms with Crippen LogP contribution in [0.1, 0.15) is 135 Å². The Labute approximate surface area is 474 Å². The number of carboxylic acids is 1. The van der Waals surface area contributed by atoms with Crippen molar-refractivity contribution in [2.75, 3.05) is 6.61 Å². The van der Waals surface area contributed by atoms with Gasteiger partial charge in [0.15, 0.2) is 0 Å². The van der Waals surface area contributed by atoms with Crippen molar-refractivity contribution < 1.29 is 74.1 Å². The van der Waals surface area contributed by atoms with Crippen molar-refractivity contribution in [1.29, 1.82) is 0 Å². The van der Waals surface area contributed by atoms with E-state index in [0.29, 0.717) is 36.0 Å². The summed E-state index contributed by atoms with van der Waals surface area (Å²) in [4.78, 5) is 110. The Kier molecular flexibility index (Phi) is 29.7. The molecule has 0 aromatic heterocycles. The van der Waals surface area contributed by atoms with Gasteiger partial charge < -0.3 is 73.0 Å². The van der Waals surface area contributed by atoms with Gasteiger partial charge in [-0.1, -0.05) is 135 Å². The highest BCUT2D eigenvalue weighted by Gasteiger charge is 2.37. The number of phenols is 3. The van der Waals surface area contributed by atoms with Gasteiger partial charge in [0.1, 0.15) is 59.5 Å². The number of carbonyl (C=O) groups is 8. The number of nitrogens with one attached hydrogen (secondary N) is 7. The number of aliphatic carboxylic acids is 1. The highest BCUT2D eigenvalue weighted by molar-refractivity contribution is 5.98. The highest BCUT2D eigenvalue weighted by atomic mass is 16.4. The van der Waals surface area contributed by atoms with Crippen LogP contribution < -0.4 is 37.2 Å². The van der Waals surface area contributed by atoms with Crippen LogP contribution in [0.25, 0.3) is 0 Å². The van der Waals surface area contributed by atoms with Crippen LogP contribution in [0.3, 0.4) is 0 Å². The fourth-order valence-corrected chi connectivity index (χ4v) is 8.86. The topological polar surface area (TPSA) is 362 Å². The zero-order valence-electron chi connectivity index (χ0n) is 47.5. The molecule has 0 heterocycles. The molecule has 81 heavy (non-hydrogen) atoms. The lowest BCUT2D eigenvalue weighted by molar-refractivity contribution is -0.144. The molecule has 14 N–H and O–H groups in total. The molecule has 0 saturated heterocycles. The lowest BCUT2D eigenvalue weighted by Crippen LogP contribution is -2.63. The van der Waals surface area contributed by atoms with E-state index in [1.165, 1.54) is 105 Å². The molecule has 10 atom stereocenters. The second-order valence-electron chi connectivity index (χ2n) is 21.2. The maximum absolute atomic E-state index is 14.6. The van der Waals surface area contributed by atoms with Gasteiger partial charge >= 0.3 is 5.97 Å². The third-order valence-electron chi connectivity index (χ3n) is 14.0. The number of aliphatic hydroxyl groups excluding tert-OH is 3. The Hall–Kier alpha value is -7.30. The smallest absolute Gasteiger partial charge is 0.326 e. The summed E-state index contributed by atoms with van der Waals surface area (Å²) in [6.45, 7) is 8.92. The normalized spacial score (nSPS) is 15.0. The molecule has 22 nitrogen and oxygen atoms in total. The summed E-state index contributed by atoms with van der Waals surface area (Å²) in [5, 5.41) is 89.5. The Balaban J connectivity index is 1.89.